The van der Waals surface area contributed by atoms with Crippen molar-refractivity contribution in [1.82, 2.24) is 0 Å². The van der Waals surface area contributed by atoms with Crippen LogP contribution < -0.4 is 0 Å². The molecule has 0 aliphatic heterocycles. The number of esters is 1. The number of carbonyl (C=O) groups excluding carboxylic acids is 2. The second-order valence-corrected chi connectivity index (χ2v) is 5.23. The number of halogens is 1. The molecule has 2 atom stereocenters. The van der Waals surface area contributed by atoms with Crippen LogP contribution in [-0.2, 0) is 20.7 Å². The molecule has 0 amide bonds. The minimum atomic E-state index is -0.233. The third-order valence-corrected chi connectivity index (χ3v) is 3.58. The van der Waals surface area contributed by atoms with Gasteiger partial charge in [0.25, 0.3) is 0 Å². The molecule has 1 aromatic carbocycles. The maximum atomic E-state index is 11.9. The van der Waals surface area contributed by atoms with Gasteiger partial charge in [-0.1, -0.05) is 23.7 Å². The Hall–Kier alpha value is -1.35. The van der Waals surface area contributed by atoms with Gasteiger partial charge >= 0.3 is 5.97 Å². The molecule has 0 spiro atoms. The molecule has 2 rings (SSSR count). The average Bonchev–Trinajstić information content (AvgIpc) is 3.17. The highest BCUT2D eigenvalue weighted by atomic mass is 35.5. The van der Waals surface area contributed by atoms with E-state index in [0.717, 1.165) is 5.56 Å². The summed E-state index contributed by atoms with van der Waals surface area (Å²) >= 11 is 5.89. The maximum absolute atomic E-state index is 11.9. The molecule has 0 radical (unpaired) electrons. The molecule has 1 saturated carbocycles. The summed E-state index contributed by atoms with van der Waals surface area (Å²) in [5.74, 6) is -0.410. The van der Waals surface area contributed by atoms with Crippen LogP contribution >= 0.6 is 11.6 Å². The molecule has 0 N–H and O–H groups in total. The number of Topliss-reactive ketones (excluding diaryl/α,β-unsaturated/α-hetero) is 1. The predicted octanol–water partition coefficient (Wildman–Crippen LogP) is 3.04. The average molecular weight is 281 g/mol. The number of hydrogen-bond acceptors (Lipinski definition) is 3. The highest BCUT2D eigenvalue weighted by Crippen LogP contribution is 2.41. The van der Waals surface area contributed by atoms with Gasteiger partial charge in [-0.15, -0.1) is 0 Å². The fraction of sp³-hybridized carbons (Fsp3) is 0.467. The Kier molecular flexibility index (Phi) is 4.59. The number of ether oxygens (including phenoxy) is 1. The predicted molar refractivity (Wildman–Crippen MR) is 73.0 cm³/mol. The lowest BCUT2D eigenvalue weighted by molar-refractivity contribution is -0.145. The van der Waals surface area contributed by atoms with Gasteiger partial charge in [0.15, 0.2) is 0 Å². The first-order chi connectivity index (χ1) is 9.11. The van der Waals surface area contributed by atoms with Crippen LogP contribution in [0.4, 0.5) is 0 Å². The van der Waals surface area contributed by atoms with Crippen LogP contribution in [0.25, 0.3) is 0 Å². The molecule has 0 bridgehead atoms. The van der Waals surface area contributed by atoms with E-state index in [4.69, 9.17) is 16.3 Å². The fourth-order valence-electron chi connectivity index (χ4n) is 2.21. The van der Waals surface area contributed by atoms with Gasteiger partial charge in [-0.25, -0.2) is 0 Å². The third-order valence-electron chi connectivity index (χ3n) is 3.34. The van der Waals surface area contributed by atoms with Crippen molar-refractivity contribution in [2.45, 2.75) is 26.2 Å². The van der Waals surface area contributed by atoms with Crippen molar-refractivity contribution in [1.29, 1.82) is 0 Å². The standard InChI is InChI=1S/C15H17ClO3/c1-2-19-15(18)13-9-12(13)14(17)7-6-10-4-3-5-11(16)8-10/h3-5,8,12-13H,2,6-7,9H2,1H3/t12-,13-/m0/s1. The van der Waals surface area contributed by atoms with Gasteiger partial charge < -0.3 is 4.74 Å². The zero-order chi connectivity index (χ0) is 13.8. The summed E-state index contributed by atoms with van der Waals surface area (Å²) < 4.78 is 4.92. The van der Waals surface area contributed by atoms with Gasteiger partial charge in [-0.2, -0.15) is 0 Å². The van der Waals surface area contributed by atoms with Crippen LogP contribution in [0.5, 0.6) is 0 Å². The molecular formula is C15H17ClO3. The number of ketones is 1. The number of carbonyl (C=O) groups is 2. The van der Waals surface area contributed by atoms with Gasteiger partial charge in [0, 0.05) is 17.4 Å². The molecule has 0 saturated heterocycles. The Morgan fingerprint density at radius 3 is 2.84 bits per heavy atom. The summed E-state index contributed by atoms with van der Waals surface area (Å²) in [7, 11) is 0. The van der Waals surface area contributed by atoms with Crippen LogP contribution in [0.2, 0.25) is 5.02 Å². The molecule has 0 heterocycles. The van der Waals surface area contributed by atoms with Crippen molar-refractivity contribution in [3.05, 3.63) is 34.9 Å². The van der Waals surface area contributed by atoms with Gasteiger partial charge in [-0.3, -0.25) is 9.59 Å². The first kappa shape index (κ1) is 14.1. The summed E-state index contributed by atoms with van der Waals surface area (Å²) in [6.45, 7) is 2.15. The van der Waals surface area contributed by atoms with Crippen LogP contribution in [0.3, 0.4) is 0 Å². The van der Waals surface area contributed by atoms with E-state index < -0.39 is 0 Å². The zero-order valence-electron chi connectivity index (χ0n) is 10.9. The van der Waals surface area contributed by atoms with Crippen LogP contribution in [0.1, 0.15) is 25.3 Å². The number of hydrogen-bond donors (Lipinski definition) is 0. The lowest BCUT2D eigenvalue weighted by atomic mass is 10.0. The van der Waals surface area contributed by atoms with Crippen molar-refractivity contribution in [3.63, 3.8) is 0 Å². The van der Waals surface area contributed by atoms with E-state index in [-0.39, 0.29) is 23.6 Å². The molecule has 0 aromatic heterocycles. The van der Waals surface area contributed by atoms with Crippen molar-refractivity contribution in [3.8, 4) is 0 Å². The van der Waals surface area contributed by atoms with Gasteiger partial charge in [0.1, 0.15) is 5.78 Å². The van der Waals surface area contributed by atoms with E-state index in [0.29, 0.717) is 30.9 Å². The first-order valence-corrected chi connectivity index (χ1v) is 6.93. The Morgan fingerprint density at radius 1 is 1.37 bits per heavy atom. The summed E-state index contributed by atoms with van der Waals surface area (Å²) in [5, 5.41) is 0.681. The summed E-state index contributed by atoms with van der Waals surface area (Å²) in [4.78, 5) is 23.4. The van der Waals surface area contributed by atoms with E-state index in [1.165, 1.54) is 0 Å². The highest BCUT2D eigenvalue weighted by molar-refractivity contribution is 6.30. The van der Waals surface area contributed by atoms with Gasteiger partial charge in [0.05, 0.1) is 12.5 Å². The molecule has 1 aliphatic carbocycles. The third kappa shape index (κ3) is 3.80. The van der Waals surface area contributed by atoms with Gasteiger partial charge in [0.2, 0.25) is 0 Å². The normalized spacial score (nSPS) is 20.9. The van der Waals surface area contributed by atoms with Crippen molar-refractivity contribution >= 4 is 23.4 Å². The molecule has 1 fully saturated rings. The summed E-state index contributed by atoms with van der Waals surface area (Å²) in [5.41, 5.74) is 1.05. The Morgan fingerprint density at radius 2 is 2.16 bits per heavy atom. The number of rotatable bonds is 6. The Labute approximate surface area is 117 Å². The topological polar surface area (TPSA) is 43.4 Å². The van der Waals surface area contributed by atoms with Crippen LogP contribution in [0.15, 0.2) is 24.3 Å². The molecule has 0 unspecified atom stereocenters. The quantitative estimate of drug-likeness (QED) is 0.752. The van der Waals surface area contributed by atoms with Crippen molar-refractivity contribution < 1.29 is 14.3 Å². The zero-order valence-corrected chi connectivity index (χ0v) is 11.7. The second-order valence-electron chi connectivity index (χ2n) is 4.80. The molecular weight excluding hydrogens is 264 g/mol. The SMILES string of the molecule is CCOC(=O)[C@H]1C[C@@H]1C(=O)CCc1cccc(Cl)c1. The molecule has 19 heavy (non-hydrogen) atoms. The molecule has 102 valence electrons. The maximum Gasteiger partial charge on any atom is 0.309 e. The highest BCUT2D eigenvalue weighted by Gasteiger charge is 2.48. The number of aryl methyl sites for hydroxylation is 1. The van der Waals surface area contributed by atoms with E-state index in [9.17, 15) is 9.59 Å². The van der Waals surface area contributed by atoms with E-state index in [1.807, 2.05) is 24.3 Å². The second kappa shape index (κ2) is 6.20. The first-order valence-electron chi connectivity index (χ1n) is 6.55. The Bertz CT molecular complexity index is 484. The lowest BCUT2D eigenvalue weighted by Crippen LogP contribution is -2.12. The lowest BCUT2D eigenvalue weighted by Gasteiger charge is -2.02. The van der Waals surface area contributed by atoms with Crippen LogP contribution in [-0.4, -0.2) is 18.4 Å². The van der Waals surface area contributed by atoms with Crippen LogP contribution in [0, 0.1) is 11.8 Å². The fourth-order valence-corrected chi connectivity index (χ4v) is 2.42. The summed E-state index contributed by atoms with van der Waals surface area (Å²) in [6, 6.07) is 7.50. The van der Waals surface area contributed by atoms with Crippen molar-refractivity contribution in [2.24, 2.45) is 11.8 Å². The summed E-state index contributed by atoms with van der Waals surface area (Å²) in [6.07, 6.45) is 1.78. The van der Waals surface area contributed by atoms with E-state index in [1.54, 1.807) is 6.92 Å². The smallest absolute Gasteiger partial charge is 0.309 e. The molecule has 3 nitrogen and oxygen atoms in total. The largest absolute Gasteiger partial charge is 0.466 e. The molecule has 1 aliphatic rings. The van der Waals surface area contributed by atoms with Gasteiger partial charge in [-0.05, 0) is 37.5 Å². The molecule has 1 aromatic rings. The minimum absolute atomic E-state index is 0.127. The minimum Gasteiger partial charge on any atom is -0.466 e. The monoisotopic (exact) mass is 280 g/mol. The number of benzene rings is 1. The van der Waals surface area contributed by atoms with E-state index in [2.05, 4.69) is 0 Å². The van der Waals surface area contributed by atoms with E-state index >= 15 is 0 Å². The van der Waals surface area contributed by atoms with Crippen molar-refractivity contribution in [2.75, 3.05) is 6.61 Å². The Balaban J connectivity index is 1.79. The molecule has 4 heteroatoms.